The maximum absolute atomic E-state index is 4.91. The minimum absolute atomic E-state index is 0.281. The largest absolute Gasteiger partial charge is 0.345 e. The fourth-order valence-electron chi connectivity index (χ4n) is 2.69. The SMILES string of the molecule is CC(C)CCc1nc(Cc2ccccc2)[nH]c1CC(C)(C)C. The molecule has 0 saturated carbocycles. The number of H-pyrrole nitrogens is 1. The summed E-state index contributed by atoms with van der Waals surface area (Å²) in [5, 5.41) is 0. The van der Waals surface area contributed by atoms with Crippen molar-refractivity contribution in [2.24, 2.45) is 11.3 Å². The summed E-state index contributed by atoms with van der Waals surface area (Å²) in [5.74, 6) is 1.82. The van der Waals surface area contributed by atoms with Crippen molar-refractivity contribution in [3.05, 3.63) is 53.1 Å². The Morgan fingerprint density at radius 2 is 1.77 bits per heavy atom. The third-order valence-electron chi connectivity index (χ3n) is 3.79. The summed E-state index contributed by atoms with van der Waals surface area (Å²) in [6.07, 6.45) is 4.23. The van der Waals surface area contributed by atoms with Gasteiger partial charge in [0.2, 0.25) is 0 Å². The van der Waals surface area contributed by atoms with E-state index in [9.17, 15) is 0 Å². The number of hydrogen-bond acceptors (Lipinski definition) is 1. The van der Waals surface area contributed by atoms with Crippen LogP contribution in [0.1, 0.15) is 63.8 Å². The molecule has 0 aliphatic heterocycles. The van der Waals surface area contributed by atoms with Gasteiger partial charge in [0.05, 0.1) is 5.69 Å². The standard InChI is InChI=1S/C20H30N2/c1-15(2)11-12-17-18(14-20(3,4)5)22-19(21-17)13-16-9-7-6-8-10-16/h6-10,15H,11-14H2,1-5H3,(H,21,22). The van der Waals surface area contributed by atoms with Crippen LogP contribution in [0, 0.1) is 11.3 Å². The van der Waals surface area contributed by atoms with Gasteiger partial charge in [-0.2, -0.15) is 0 Å². The lowest BCUT2D eigenvalue weighted by Crippen LogP contribution is -2.11. The van der Waals surface area contributed by atoms with Crippen LogP contribution in [-0.4, -0.2) is 9.97 Å². The first-order valence-corrected chi connectivity index (χ1v) is 8.44. The zero-order valence-corrected chi connectivity index (χ0v) is 14.7. The molecule has 0 fully saturated rings. The summed E-state index contributed by atoms with van der Waals surface area (Å²) in [7, 11) is 0. The zero-order chi connectivity index (χ0) is 16.2. The Hall–Kier alpha value is -1.57. The van der Waals surface area contributed by atoms with Crippen molar-refractivity contribution in [2.45, 2.75) is 60.3 Å². The van der Waals surface area contributed by atoms with E-state index in [0.717, 1.165) is 31.0 Å². The van der Waals surface area contributed by atoms with Crippen molar-refractivity contribution >= 4 is 0 Å². The van der Waals surface area contributed by atoms with E-state index >= 15 is 0 Å². The number of aromatic nitrogens is 2. The minimum Gasteiger partial charge on any atom is -0.345 e. The van der Waals surface area contributed by atoms with E-state index < -0.39 is 0 Å². The summed E-state index contributed by atoms with van der Waals surface area (Å²) in [6, 6.07) is 10.6. The molecule has 2 nitrogen and oxygen atoms in total. The van der Waals surface area contributed by atoms with Crippen molar-refractivity contribution in [1.82, 2.24) is 9.97 Å². The van der Waals surface area contributed by atoms with Crippen LogP contribution in [0.5, 0.6) is 0 Å². The highest BCUT2D eigenvalue weighted by atomic mass is 14.9. The highest BCUT2D eigenvalue weighted by Gasteiger charge is 2.18. The highest BCUT2D eigenvalue weighted by molar-refractivity contribution is 5.23. The lowest BCUT2D eigenvalue weighted by Gasteiger charge is -2.17. The van der Waals surface area contributed by atoms with E-state index in [1.807, 2.05) is 0 Å². The molecule has 1 aromatic carbocycles. The Kier molecular flexibility index (Phi) is 5.44. The van der Waals surface area contributed by atoms with E-state index in [0.29, 0.717) is 0 Å². The number of rotatable bonds is 6. The van der Waals surface area contributed by atoms with Crippen LogP contribution < -0.4 is 0 Å². The number of nitrogens with zero attached hydrogens (tertiary/aromatic N) is 1. The van der Waals surface area contributed by atoms with Gasteiger partial charge < -0.3 is 4.98 Å². The topological polar surface area (TPSA) is 28.7 Å². The monoisotopic (exact) mass is 298 g/mol. The molecule has 2 heteroatoms. The molecule has 0 unspecified atom stereocenters. The van der Waals surface area contributed by atoms with E-state index in [4.69, 9.17) is 4.98 Å². The summed E-state index contributed by atoms with van der Waals surface area (Å²) >= 11 is 0. The Balaban J connectivity index is 2.18. The Bertz CT molecular complexity index is 573. The maximum Gasteiger partial charge on any atom is 0.110 e. The minimum atomic E-state index is 0.281. The molecule has 1 aromatic heterocycles. The normalized spacial score (nSPS) is 12.1. The first-order chi connectivity index (χ1) is 10.3. The molecule has 0 amide bonds. The molecule has 0 spiro atoms. The van der Waals surface area contributed by atoms with Crippen LogP contribution in [0.4, 0.5) is 0 Å². The molecule has 2 aromatic rings. The average Bonchev–Trinajstić information content (AvgIpc) is 2.77. The second-order valence-electron chi connectivity index (χ2n) is 7.94. The van der Waals surface area contributed by atoms with Gasteiger partial charge in [-0.3, -0.25) is 0 Å². The number of nitrogens with one attached hydrogen (secondary N) is 1. The third kappa shape index (κ3) is 5.32. The van der Waals surface area contributed by atoms with Crippen molar-refractivity contribution < 1.29 is 0 Å². The fourth-order valence-corrected chi connectivity index (χ4v) is 2.69. The van der Waals surface area contributed by atoms with E-state index in [2.05, 4.69) is 69.9 Å². The smallest absolute Gasteiger partial charge is 0.110 e. The first-order valence-electron chi connectivity index (χ1n) is 8.44. The molecule has 1 heterocycles. The molecule has 0 aliphatic rings. The number of imidazole rings is 1. The van der Waals surface area contributed by atoms with E-state index in [-0.39, 0.29) is 5.41 Å². The number of aryl methyl sites for hydroxylation is 1. The van der Waals surface area contributed by atoms with Crippen LogP contribution in [0.15, 0.2) is 30.3 Å². The van der Waals surface area contributed by atoms with Crippen LogP contribution in [-0.2, 0) is 19.3 Å². The van der Waals surface area contributed by atoms with Crippen molar-refractivity contribution in [2.75, 3.05) is 0 Å². The quantitative estimate of drug-likeness (QED) is 0.782. The van der Waals surface area contributed by atoms with Crippen molar-refractivity contribution in [3.8, 4) is 0 Å². The van der Waals surface area contributed by atoms with Crippen LogP contribution in [0.25, 0.3) is 0 Å². The predicted octanol–water partition coefficient (Wildman–Crippen LogP) is 5.18. The molecule has 0 aliphatic carbocycles. The van der Waals surface area contributed by atoms with Gasteiger partial charge in [-0.25, -0.2) is 4.98 Å². The summed E-state index contributed by atoms with van der Waals surface area (Å²) in [5.41, 5.74) is 4.20. The molecule has 0 atom stereocenters. The van der Waals surface area contributed by atoms with Gasteiger partial charge in [0, 0.05) is 12.1 Å². The van der Waals surface area contributed by atoms with Gasteiger partial charge in [-0.1, -0.05) is 65.0 Å². The molecule has 1 N–H and O–H groups in total. The van der Waals surface area contributed by atoms with Gasteiger partial charge in [-0.05, 0) is 36.2 Å². The number of benzene rings is 1. The number of aromatic amines is 1. The van der Waals surface area contributed by atoms with Gasteiger partial charge in [0.25, 0.3) is 0 Å². The molecular formula is C20H30N2. The van der Waals surface area contributed by atoms with Crippen LogP contribution >= 0.6 is 0 Å². The Labute approximate surface area is 135 Å². The van der Waals surface area contributed by atoms with Crippen LogP contribution in [0.3, 0.4) is 0 Å². The maximum atomic E-state index is 4.91. The predicted molar refractivity (Wildman–Crippen MR) is 94.2 cm³/mol. The molecular weight excluding hydrogens is 268 g/mol. The summed E-state index contributed by atoms with van der Waals surface area (Å²) in [6.45, 7) is 11.4. The summed E-state index contributed by atoms with van der Waals surface area (Å²) < 4.78 is 0. The van der Waals surface area contributed by atoms with Gasteiger partial charge in [-0.15, -0.1) is 0 Å². The highest BCUT2D eigenvalue weighted by Crippen LogP contribution is 2.23. The molecule has 2 rings (SSSR count). The first kappa shape index (κ1) is 16.8. The van der Waals surface area contributed by atoms with Gasteiger partial charge >= 0.3 is 0 Å². The summed E-state index contributed by atoms with van der Waals surface area (Å²) in [4.78, 5) is 8.51. The van der Waals surface area contributed by atoms with E-state index in [1.165, 1.54) is 23.4 Å². The molecule has 22 heavy (non-hydrogen) atoms. The lowest BCUT2D eigenvalue weighted by atomic mass is 9.89. The average molecular weight is 298 g/mol. The van der Waals surface area contributed by atoms with Gasteiger partial charge in [0.15, 0.2) is 0 Å². The molecule has 0 radical (unpaired) electrons. The second-order valence-corrected chi connectivity index (χ2v) is 7.94. The third-order valence-corrected chi connectivity index (χ3v) is 3.79. The van der Waals surface area contributed by atoms with Crippen molar-refractivity contribution in [1.29, 1.82) is 0 Å². The van der Waals surface area contributed by atoms with Gasteiger partial charge in [0.1, 0.15) is 5.82 Å². The molecule has 0 bridgehead atoms. The fraction of sp³-hybridized carbons (Fsp3) is 0.550. The molecule has 120 valence electrons. The van der Waals surface area contributed by atoms with Crippen LogP contribution in [0.2, 0.25) is 0 Å². The lowest BCUT2D eigenvalue weighted by molar-refractivity contribution is 0.404. The second kappa shape index (κ2) is 7.13. The molecule has 0 saturated heterocycles. The number of hydrogen-bond donors (Lipinski definition) is 1. The Morgan fingerprint density at radius 3 is 2.36 bits per heavy atom. The van der Waals surface area contributed by atoms with Crippen molar-refractivity contribution in [3.63, 3.8) is 0 Å². The zero-order valence-electron chi connectivity index (χ0n) is 14.7. The van der Waals surface area contributed by atoms with E-state index in [1.54, 1.807) is 0 Å². The Morgan fingerprint density at radius 1 is 1.09 bits per heavy atom.